The number of guanidine groups is 1. The summed E-state index contributed by atoms with van der Waals surface area (Å²) in [5.41, 5.74) is 0.515. The Bertz CT molecular complexity index is 758. The fraction of sp³-hybridized carbons (Fsp3) is 0.600. The minimum atomic E-state index is -2.91. The molecule has 2 fully saturated rings. The fourth-order valence-corrected chi connectivity index (χ4v) is 3.98. The highest BCUT2D eigenvalue weighted by Gasteiger charge is 2.30. The Morgan fingerprint density at radius 1 is 1.26 bits per heavy atom. The van der Waals surface area contributed by atoms with Gasteiger partial charge < -0.3 is 24.6 Å². The van der Waals surface area contributed by atoms with E-state index in [1.54, 1.807) is 13.1 Å². The van der Waals surface area contributed by atoms with Gasteiger partial charge in [0.25, 0.3) is 0 Å². The Labute approximate surface area is 203 Å². The second kappa shape index (κ2) is 12.6. The summed E-state index contributed by atoms with van der Waals surface area (Å²) in [7, 11) is 1.67. The van der Waals surface area contributed by atoms with Gasteiger partial charge in [-0.3, -0.25) is 9.79 Å². The van der Waals surface area contributed by atoms with Crippen LogP contribution in [0.5, 0.6) is 5.75 Å². The average Bonchev–Trinajstić information content (AvgIpc) is 2.76. The average molecular weight is 573 g/mol. The van der Waals surface area contributed by atoms with E-state index in [-0.39, 0.29) is 48.1 Å². The predicted molar refractivity (Wildman–Crippen MR) is 125 cm³/mol. The van der Waals surface area contributed by atoms with Crippen LogP contribution in [-0.2, 0) is 16.1 Å². The highest BCUT2D eigenvalue weighted by atomic mass is 127. The van der Waals surface area contributed by atoms with Crippen molar-refractivity contribution in [1.82, 2.24) is 15.1 Å². The minimum absolute atomic E-state index is 0. The molecular formula is C20H28ClF2IN4O3. The molecule has 0 atom stereocenters. The fourth-order valence-electron chi connectivity index (χ4n) is 3.78. The normalized spacial score (nSPS) is 18.0. The first kappa shape index (κ1) is 25.9. The number of halogens is 4. The topological polar surface area (TPSA) is 66.4 Å². The van der Waals surface area contributed by atoms with Gasteiger partial charge in [-0.05, 0) is 31.0 Å². The monoisotopic (exact) mass is 572 g/mol. The van der Waals surface area contributed by atoms with E-state index in [4.69, 9.17) is 16.3 Å². The largest absolute Gasteiger partial charge is 0.434 e. The zero-order valence-electron chi connectivity index (χ0n) is 17.4. The van der Waals surface area contributed by atoms with Gasteiger partial charge in [-0.15, -0.1) is 24.0 Å². The first-order valence-electron chi connectivity index (χ1n) is 10.0. The van der Waals surface area contributed by atoms with Crippen LogP contribution in [0.25, 0.3) is 0 Å². The molecule has 0 spiro atoms. The summed E-state index contributed by atoms with van der Waals surface area (Å²) in [6.45, 7) is 1.22. The maximum absolute atomic E-state index is 12.7. The molecule has 1 N–H and O–H groups in total. The molecule has 3 rings (SSSR count). The van der Waals surface area contributed by atoms with Gasteiger partial charge in [-0.2, -0.15) is 8.78 Å². The van der Waals surface area contributed by atoms with Gasteiger partial charge in [-0.25, -0.2) is 0 Å². The minimum Gasteiger partial charge on any atom is -0.434 e. The molecule has 2 saturated heterocycles. The lowest BCUT2D eigenvalue weighted by molar-refractivity contribution is -0.140. The number of benzene rings is 1. The molecule has 0 radical (unpaired) electrons. The van der Waals surface area contributed by atoms with Crippen molar-refractivity contribution in [1.29, 1.82) is 0 Å². The van der Waals surface area contributed by atoms with Crippen molar-refractivity contribution in [2.75, 3.05) is 46.4 Å². The van der Waals surface area contributed by atoms with Crippen LogP contribution in [0.1, 0.15) is 18.4 Å². The molecule has 0 aromatic heterocycles. The van der Waals surface area contributed by atoms with E-state index >= 15 is 0 Å². The van der Waals surface area contributed by atoms with Crippen molar-refractivity contribution in [3.8, 4) is 5.75 Å². The zero-order valence-corrected chi connectivity index (χ0v) is 20.4. The number of likely N-dealkylation sites (tertiary alicyclic amines) is 1. The number of nitrogens with one attached hydrogen (secondary N) is 1. The number of hydrogen-bond donors (Lipinski definition) is 1. The van der Waals surface area contributed by atoms with E-state index in [1.165, 1.54) is 12.1 Å². The number of alkyl halides is 2. The summed E-state index contributed by atoms with van der Waals surface area (Å²) in [4.78, 5) is 20.9. The summed E-state index contributed by atoms with van der Waals surface area (Å²) in [5.74, 6) is 0.937. The van der Waals surface area contributed by atoms with Crippen LogP contribution in [0.2, 0.25) is 5.02 Å². The lowest BCUT2D eigenvalue weighted by atomic mass is 9.95. The maximum atomic E-state index is 12.7. The molecule has 7 nitrogen and oxygen atoms in total. The van der Waals surface area contributed by atoms with Crippen LogP contribution >= 0.6 is 35.6 Å². The highest BCUT2D eigenvalue weighted by molar-refractivity contribution is 14.0. The smallest absolute Gasteiger partial charge is 0.387 e. The molecule has 1 aromatic rings. The lowest BCUT2D eigenvalue weighted by Crippen LogP contribution is -2.49. The number of ether oxygens (including phenoxy) is 2. The second-order valence-electron chi connectivity index (χ2n) is 7.23. The van der Waals surface area contributed by atoms with Gasteiger partial charge in [0.15, 0.2) is 5.96 Å². The maximum Gasteiger partial charge on any atom is 0.387 e. The predicted octanol–water partition coefficient (Wildman–Crippen LogP) is 3.21. The number of carbonyl (C=O) groups is 1. The van der Waals surface area contributed by atoms with Crippen molar-refractivity contribution in [3.05, 3.63) is 28.8 Å². The first-order valence-corrected chi connectivity index (χ1v) is 10.4. The van der Waals surface area contributed by atoms with Gasteiger partial charge in [0, 0.05) is 56.3 Å². The molecule has 2 heterocycles. The van der Waals surface area contributed by atoms with E-state index in [0.717, 1.165) is 12.8 Å². The Hall–Kier alpha value is -1.40. The van der Waals surface area contributed by atoms with Crippen molar-refractivity contribution >= 4 is 47.4 Å². The third kappa shape index (κ3) is 7.31. The number of piperidine rings is 1. The van der Waals surface area contributed by atoms with Crippen LogP contribution in [0.4, 0.5) is 8.78 Å². The Morgan fingerprint density at radius 2 is 1.94 bits per heavy atom. The third-order valence-corrected chi connectivity index (χ3v) is 5.59. The van der Waals surface area contributed by atoms with E-state index in [1.807, 2.05) is 4.90 Å². The Morgan fingerprint density at radius 3 is 2.55 bits per heavy atom. The molecule has 0 saturated carbocycles. The van der Waals surface area contributed by atoms with Crippen LogP contribution in [0.15, 0.2) is 23.2 Å². The van der Waals surface area contributed by atoms with Crippen LogP contribution in [0, 0.1) is 5.92 Å². The van der Waals surface area contributed by atoms with Gasteiger partial charge in [0.05, 0.1) is 13.2 Å². The number of rotatable bonds is 5. The summed E-state index contributed by atoms with van der Waals surface area (Å²) in [5, 5.41) is 3.62. The Balaban J connectivity index is 0.00000341. The molecular weight excluding hydrogens is 545 g/mol. The standard InChI is InChI=1S/C20H27ClF2N4O3.HI/c1-24-20(25-13-15-12-16(21)2-3-17(15)30-19(22)23)27-6-4-14(5-7-27)18(28)26-8-10-29-11-9-26;/h2-3,12,14,19H,4-11,13H2,1H3,(H,24,25);1H. The number of hydrogen-bond acceptors (Lipinski definition) is 4. The SMILES string of the molecule is CN=C(NCc1cc(Cl)ccc1OC(F)F)N1CCC(C(=O)N2CCOCC2)CC1.I. The number of nitrogens with zero attached hydrogens (tertiary/aromatic N) is 3. The number of aliphatic imine (C=N–C) groups is 1. The van der Waals surface area contributed by atoms with Crippen molar-refractivity contribution in [2.24, 2.45) is 10.9 Å². The summed E-state index contributed by atoms with van der Waals surface area (Å²) < 4.78 is 35.2. The number of carbonyl (C=O) groups excluding carboxylic acids is 1. The molecule has 1 amide bonds. The third-order valence-electron chi connectivity index (χ3n) is 5.35. The summed E-state index contributed by atoms with van der Waals surface area (Å²) in [6.07, 6.45) is 1.49. The van der Waals surface area contributed by atoms with Crippen LogP contribution < -0.4 is 10.1 Å². The van der Waals surface area contributed by atoms with Crippen LogP contribution in [-0.4, -0.2) is 74.7 Å². The van der Waals surface area contributed by atoms with E-state index in [2.05, 4.69) is 19.9 Å². The zero-order chi connectivity index (χ0) is 21.5. The van der Waals surface area contributed by atoms with Gasteiger partial charge in [-0.1, -0.05) is 11.6 Å². The molecule has 0 unspecified atom stereocenters. The highest BCUT2D eigenvalue weighted by Crippen LogP contribution is 2.25. The van der Waals surface area contributed by atoms with Gasteiger partial charge >= 0.3 is 6.61 Å². The van der Waals surface area contributed by atoms with Crippen molar-refractivity contribution < 1.29 is 23.0 Å². The molecule has 2 aliphatic heterocycles. The molecule has 174 valence electrons. The van der Waals surface area contributed by atoms with Crippen molar-refractivity contribution in [3.63, 3.8) is 0 Å². The number of amides is 1. The van der Waals surface area contributed by atoms with Gasteiger partial charge in [0.1, 0.15) is 5.75 Å². The summed E-state index contributed by atoms with van der Waals surface area (Å²) in [6, 6.07) is 4.53. The molecule has 0 bridgehead atoms. The van der Waals surface area contributed by atoms with E-state index in [0.29, 0.717) is 55.9 Å². The molecule has 31 heavy (non-hydrogen) atoms. The van der Waals surface area contributed by atoms with E-state index < -0.39 is 6.61 Å². The quantitative estimate of drug-likeness (QED) is 0.334. The summed E-state index contributed by atoms with van der Waals surface area (Å²) >= 11 is 6.01. The van der Waals surface area contributed by atoms with E-state index in [9.17, 15) is 13.6 Å². The number of morpholine rings is 1. The molecule has 11 heteroatoms. The van der Waals surface area contributed by atoms with Gasteiger partial charge in [0.2, 0.25) is 5.91 Å². The molecule has 1 aromatic carbocycles. The lowest BCUT2D eigenvalue weighted by Gasteiger charge is -2.36. The van der Waals surface area contributed by atoms with Crippen molar-refractivity contribution in [2.45, 2.75) is 26.0 Å². The Kier molecular flexibility index (Phi) is 10.5. The molecule has 2 aliphatic rings. The van der Waals surface area contributed by atoms with Crippen LogP contribution in [0.3, 0.4) is 0 Å². The second-order valence-corrected chi connectivity index (χ2v) is 7.67. The first-order chi connectivity index (χ1) is 14.5. The molecule has 0 aliphatic carbocycles.